The van der Waals surface area contributed by atoms with E-state index in [1.54, 1.807) is 0 Å². The van der Waals surface area contributed by atoms with Gasteiger partial charge in [-0.3, -0.25) is 4.79 Å². The molecule has 0 atom stereocenters. The molecular weight excluding hydrogens is 352 g/mol. The van der Waals surface area contributed by atoms with Crippen LogP contribution in [0.5, 0.6) is 0 Å². The summed E-state index contributed by atoms with van der Waals surface area (Å²) in [5.74, 6) is -2.39. The number of hydrogen-bond acceptors (Lipinski definition) is 1. The van der Waals surface area contributed by atoms with Crippen molar-refractivity contribution in [3.63, 3.8) is 0 Å². The molecule has 0 saturated heterocycles. The third kappa shape index (κ3) is 3.35. The van der Waals surface area contributed by atoms with Crippen molar-refractivity contribution in [2.75, 3.05) is 0 Å². The van der Waals surface area contributed by atoms with Crippen LogP contribution >= 0.6 is 27.5 Å². The Balaban J connectivity index is 2.13. The summed E-state index contributed by atoms with van der Waals surface area (Å²) >= 11 is 8.77. The molecule has 0 saturated carbocycles. The highest BCUT2D eigenvalue weighted by molar-refractivity contribution is 9.10. The summed E-state index contributed by atoms with van der Waals surface area (Å²) < 4.78 is 27.6. The third-order valence-corrected chi connectivity index (χ3v) is 3.72. The molecule has 0 spiro atoms. The Labute approximate surface area is 127 Å². The minimum Gasteiger partial charge on any atom is -0.348 e. The first kappa shape index (κ1) is 14.9. The van der Waals surface area contributed by atoms with Crippen LogP contribution in [0.4, 0.5) is 8.78 Å². The summed E-state index contributed by atoms with van der Waals surface area (Å²) in [6, 6.07) is 8.85. The summed E-state index contributed by atoms with van der Waals surface area (Å²) in [6.45, 7) is 0.198. The fourth-order valence-corrected chi connectivity index (χ4v) is 2.18. The van der Waals surface area contributed by atoms with Crippen LogP contribution in [-0.2, 0) is 6.54 Å². The highest BCUT2D eigenvalue weighted by atomic mass is 79.9. The molecule has 0 fully saturated rings. The van der Waals surface area contributed by atoms with Gasteiger partial charge in [0.1, 0.15) is 11.6 Å². The molecular formula is C14H9BrClF2NO. The Hall–Kier alpha value is -1.46. The van der Waals surface area contributed by atoms with Gasteiger partial charge in [-0.2, -0.15) is 0 Å². The summed E-state index contributed by atoms with van der Waals surface area (Å²) in [4.78, 5) is 11.8. The van der Waals surface area contributed by atoms with E-state index in [-0.39, 0.29) is 17.1 Å². The lowest BCUT2D eigenvalue weighted by Gasteiger charge is -2.08. The van der Waals surface area contributed by atoms with Gasteiger partial charge in [0.25, 0.3) is 5.91 Å². The second kappa shape index (κ2) is 6.33. The van der Waals surface area contributed by atoms with E-state index < -0.39 is 17.5 Å². The number of rotatable bonds is 3. The van der Waals surface area contributed by atoms with Gasteiger partial charge in [0.15, 0.2) is 0 Å². The summed E-state index contributed by atoms with van der Waals surface area (Å²) in [7, 11) is 0. The van der Waals surface area contributed by atoms with Gasteiger partial charge in [-0.05, 0) is 23.8 Å². The van der Waals surface area contributed by atoms with Crippen LogP contribution in [0.2, 0.25) is 5.02 Å². The van der Waals surface area contributed by atoms with E-state index in [1.807, 2.05) is 24.3 Å². The van der Waals surface area contributed by atoms with E-state index in [1.165, 1.54) is 0 Å². The first-order chi connectivity index (χ1) is 9.49. The fourth-order valence-electron chi connectivity index (χ4n) is 1.61. The molecule has 0 aliphatic carbocycles. The Morgan fingerprint density at radius 3 is 2.60 bits per heavy atom. The molecule has 2 nitrogen and oxygen atoms in total. The molecule has 0 aliphatic rings. The molecule has 6 heteroatoms. The normalized spacial score (nSPS) is 10.4. The van der Waals surface area contributed by atoms with E-state index >= 15 is 0 Å². The number of halogens is 4. The van der Waals surface area contributed by atoms with Crippen LogP contribution in [0.15, 0.2) is 40.9 Å². The molecule has 1 amide bonds. The zero-order chi connectivity index (χ0) is 14.7. The molecule has 1 N–H and O–H groups in total. The maximum Gasteiger partial charge on any atom is 0.254 e. The predicted octanol–water partition coefficient (Wildman–Crippen LogP) is 4.31. The highest BCUT2D eigenvalue weighted by Crippen LogP contribution is 2.20. The second-order valence-electron chi connectivity index (χ2n) is 4.02. The van der Waals surface area contributed by atoms with Gasteiger partial charge in [-0.1, -0.05) is 45.7 Å². The van der Waals surface area contributed by atoms with E-state index in [9.17, 15) is 13.6 Å². The third-order valence-electron chi connectivity index (χ3n) is 2.65. The van der Waals surface area contributed by atoms with Gasteiger partial charge in [0.05, 0.1) is 10.6 Å². The van der Waals surface area contributed by atoms with Crippen molar-refractivity contribution < 1.29 is 13.6 Å². The van der Waals surface area contributed by atoms with Crippen LogP contribution in [0.1, 0.15) is 15.9 Å². The van der Waals surface area contributed by atoms with Crippen molar-refractivity contribution in [3.8, 4) is 0 Å². The quantitative estimate of drug-likeness (QED) is 0.812. The minimum atomic E-state index is -0.860. The molecule has 2 aromatic carbocycles. The summed E-state index contributed by atoms with van der Waals surface area (Å²) in [5, 5.41) is 2.17. The molecule has 0 heterocycles. The second-order valence-corrected chi connectivity index (χ2v) is 5.28. The monoisotopic (exact) mass is 359 g/mol. The van der Waals surface area contributed by atoms with Crippen molar-refractivity contribution in [2.24, 2.45) is 0 Å². The Bertz CT molecular complexity index is 664. The van der Waals surface area contributed by atoms with Crippen molar-refractivity contribution in [2.45, 2.75) is 6.54 Å². The van der Waals surface area contributed by atoms with Crippen LogP contribution in [0.3, 0.4) is 0 Å². The first-order valence-corrected chi connectivity index (χ1v) is 6.82. The molecule has 0 aromatic heterocycles. The maximum atomic E-state index is 13.6. The van der Waals surface area contributed by atoms with E-state index in [0.29, 0.717) is 0 Å². The van der Waals surface area contributed by atoms with Crippen LogP contribution < -0.4 is 5.32 Å². The smallest absolute Gasteiger partial charge is 0.254 e. The predicted molar refractivity (Wildman–Crippen MR) is 76.7 cm³/mol. The zero-order valence-corrected chi connectivity index (χ0v) is 12.4. The molecule has 0 bridgehead atoms. The number of carbonyl (C=O) groups is 1. The lowest BCUT2D eigenvalue weighted by Crippen LogP contribution is -2.24. The van der Waals surface area contributed by atoms with Gasteiger partial charge < -0.3 is 5.32 Å². The lowest BCUT2D eigenvalue weighted by molar-refractivity contribution is 0.0946. The molecule has 0 radical (unpaired) electrons. The molecule has 0 unspecified atom stereocenters. The molecule has 0 aliphatic heterocycles. The van der Waals surface area contributed by atoms with E-state index in [4.69, 9.17) is 11.6 Å². The average Bonchev–Trinajstić information content (AvgIpc) is 2.41. The summed E-state index contributed by atoms with van der Waals surface area (Å²) in [5.41, 5.74) is 0.453. The number of benzene rings is 2. The number of amides is 1. The first-order valence-electron chi connectivity index (χ1n) is 5.65. The van der Waals surface area contributed by atoms with Gasteiger partial charge >= 0.3 is 0 Å². The molecule has 104 valence electrons. The van der Waals surface area contributed by atoms with Crippen LogP contribution in [0, 0.1) is 11.6 Å². The van der Waals surface area contributed by atoms with Gasteiger partial charge in [-0.15, -0.1) is 0 Å². The van der Waals surface area contributed by atoms with Crippen molar-refractivity contribution in [1.82, 2.24) is 5.32 Å². The molecule has 2 rings (SSSR count). The average molecular weight is 361 g/mol. The van der Waals surface area contributed by atoms with Crippen LogP contribution in [-0.4, -0.2) is 5.91 Å². The Kier molecular flexibility index (Phi) is 4.73. The van der Waals surface area contributed by atoms with Gasteiger partial charge in [0, 0.05) is 11.0 Å². The van der Waals surface area contributed by atoms with Crippen molar-refractivity contribution >= 4 is 33.4 Å². The number of hydrogen-bond donors (Lipinski definition) is 1. The summed E-state index contributed by atoms with van der Waals surface area (Å²) in [6.07, 6.45) is 0. The lowest BCUT2D eigenvalue weighted by atomic mass is 10.1. The minimum absolute atomic E-state index is 0.198. The zero-order valence-electron chi connectivity index (χ0n) is 10.1. The van der Waals surface area contributed by atoms with Gasteiger partial charge in [-0.25, -0.2) is 8.78 Å². The van der Waals surface area contributed by atoms with E-state index in [0.717, 1.165) is 22.2 Å². The molecule has 2 aromatic rings. The van der Waals surface area contributed by atoms with E-state index in [2.05, 4.69) is 21.2 Å². The van der Waals surface area contributed by atoms with Gasteiger partial charge in [0.2, 0.25) is 0 Å². The van der Waals surface area contributed by atoms with Crippen molar-refractivity contribution in [3.05, 3.63) is 68.7 Å². The number of carbonyl (C=O) groups excluding carboxylic acids is 1. The topological polar surface area (TPSA) is 29.1 Å². The SMILES string of the molecule is O=C(NCc1ccccc1Br)c1cc(F)c(Cl)cc1F. The highest BCUT2D eigenvalue weighted by Gasteiger charge is 2.15. The fraction of sp³-hybridized carbons (Fsp3) is 0.0714. The standard InChI is InChI=1S/C14H9BrClF2NO/c15-10-4-2-1-3-8(10)7-19-14(20)9-5-13(18)11(16)6-12(9)17/h1-6H,7H2,(H,19,20). The Morgan fingerprint density at radius 2 is 1.90 bits per heavy atom. The molecule has 20 heavy (non-hydrogen) atoms. The maximum absolute atomic E-state index is 13.6. The Morgan fingerprint density at radius 1 is 1.20 bits per heavy atom. The number of nitrogens with one attached hydrogen (secondary N) is 1. The largest absolute Gasteiger partial charge is 0.348 e. The van der Waals surface area contributed by atoms with Crippen molar-refractivity contribution in [1.29, 1.82) is 0 Å². The van der Waals surface area contributed by atoms with Crippen LogP contribution in [0.25, 0.3) is 0 Å².